The Morgan fingerprint density at radius 2 is 2.10 bits per heavy atom. The Hall–Kier alpha value is -1.23. The number of rotatable bonds is 5. The summed E-state index contributed by atoms with van der Waals surface area (Å²) in [5, 5.41) is 3.41. The van der Waals surface area contributed by atoms with Gasteiger partial charge in [0.15, 0.2) is 0 Å². The lowest BCUT2D eigenvalue weighted by molar-refractivity contribution is -0.135. The SMILES string of the molecule is CC(CCCC(F)(F)F)NC1CCOc2ccccc21. The van der Waals surface area contributed by atoms with E-state index in [-0.39, 0.29) is 18.5 Å². The highest BCUT2D eigenvalue weighted by molar-refractivity contribution is 5.37. The largest absolute Gasteiger partial charge is 0.493 e. The normalized spacial score (nSPS) is 20.1. The molecule has 0 fully saturated rings. The van der Waals surface area contributed by atoms with Gasteiger partial charge in [0, 0.05) is 30.5 Å². The van der Waals surface area contributed by atoms with Gasteiger partial charge in [0.1, 0.15) is 5.75 Å². The van der Waals surface area contributed by atoms with Crippen LogP contribution in [-0.4, -0.2) is 18.8 Å². The van der Waals surface area contributed by atoms with Crippen LogP contribution in [0.15, 0.2) is 24.3 Å². The summed E-state index contributed by atoms with van der Waals surface area (Å²) >= 11 is 0. The molecule has 0 bridgehead atoms. The van der Waals surface area contributed by atoms with Crippen LogP contribution in [0.3, 0.4) is 0 Å². The summed E-state index contributed by atoms with van der Waals surface area (Å²) < 4.78 is 41.9. The Morgan fingerprint density at radius 1 is 1.35 bits per heavy atom. The fourth-order valence-electron chi connectivity index (χ4n) is 2.55. The van der Waals surface area contributed by atoms with E-state index in [1.54, 1.807) is 0 Å². The minimum Gasteiger partial charge on any atom is -0.493 e. The Labute approximate surface area is 117 Å². The van der Waals surface area contributed by atoms with Crippen molar-refractivity contribution >= 4 is 0 Å². The molecule has 1 heterocycles. The zero-order valence-corrected chi connectivity index (χ0v) is 11.5. The van der Waals surface area contributed by atoms with Crippen molar-refractivity contribution in [1.82, 2.24) is 5.32 Å². The number of nitrogens with one attached hydrogen (secondary N) is 1. The molecular weight excluding hydrogens is 267 g/mol. The first-order valence-electron chi connectivity index (χ1n) is 7.00. The maximum Gasteiger partial charge on any atom is 0.389 e. The molecule has 1 aromatic carbocycles. The molecule has 2 atom stereocenters. The van der Waals surface area contributed by atoms with Crippen LogP contribution in [0.5, 0.6) is 5.75 Å². The Bertz CT molecular complexity index is 433. The molecule has 20 heavy (non-hydrogen) atoms. The molecule has 1 aliphatic heterocycles. The van der Waals surface area contributed by atoms with E-state index in [9.17, 15) is 13.2 Å². The number of benzene rings is 1. The number of halogens is 3. The van der Waals surface area contributed by atoms with Crippen LogP contribution < -0.4 is 10.1 Å². The fourth-order valence-corrected chi connectivity index (χ4v) is 2.55. The smallest absolute Gasteiger partial charge is 0.389 e. The number of alkyl halides is 3. The minimum atomic E-state index is -4.05. The van der Waals surface area contributed by atoms with Crippen molar-refractivity contribution in [3.05, 3.63) is 29.8 Å². The molecule has 112 valence electrons. The predicted octanol–water partition coefficient (Wildman–Crippen LogP) is 4.22. The Kier molecular flexibility index (Phi) is 4.91. The zero-order valence-electron chi connectivity index (χ0n) is 11.5. The lowest BCUT2D eigenvalue weighted by atomic mass is 9.99. The standard InChI is InChI=1S/C15H20F3NO/c1-11(5-4-9-15(16,17)18)19-13-8-10-20-14-7-3-2-6-12(13)14/h2-3,6-7,11,13,19H,4-5,8-10H2,1H3. The summed E-state index contributed by atoms with van der Waals surface area (Å²) in [5.41, 5.74) is 1.10. The second-order valence-electron chi connectivity index (χ2n) is 5.30. The van der Waals surface area contributed by atoms with Crippen molar-refractivity contribution in [1.29, 1.82) is 0 Å². The van der Waals surface area contributed by atoms with Gasteiger partial charge in [-0.1, -0.05) is 18.2 Å². The molecule has 0 aliphatic carbocycles. The molecule has 0 saturated carbocycles. The summed E-state index contributed by atoms with van der Waals surface area (Å²) in [4.78, 5) is 0. The van der Waals surface area contributed by atoms with Gasteiger partial charge in [-0.05, 0) is 25.8 Å². The molecule has 2 rings (SSSR count). The molecule has 2 unspecified atom stereocenters. The molecule has 0 amide bonds. The third-order valence-corrected chi connectivity index (χ3v) is 3.54. The predicted molar refractivity (Wildman–Crippen MR) is 71.8 cm³/mol. The molecule has 5 heteroatoms. The molecule has 0 radical (unpaired) electrons. The van der Waals surface area contributed by atoms with Crippen LogP contribution in [0.1, 0.15) is 44.2 Å². The molecule has 1 aromatic rings. The van der Waals surface area contributed by atoms with Crippen LogP contribution in [-0.2, 0) is 0 Å². The molecule has 0 spiro atoms. The first kappa shape index (κ1) is 15.2. The third-order valence-electron chi connectivity index (χ3n) is 3.54. The highest BCUT2D eigenvalue weighted by Gasteiger charge is 2.27. The van der Waals surface area contributed by atoms with Gasteiger partial charge < -0.3 is 10.1 Å². The van der Waals surface area contributed by atoms with Crippen molar-refractivity contribution in [3.8, 4) is 5.75 Å². The maximum absolute atomic E-state index is 12.1. The van der Waals surface area contributed by atoms with E-state index in [1.807, 2.05) is 31.2 Å². The van der Waals surface area contributed by atoms with E-state index in [2.05, 4.69) is 5.32 Å². The summed E-state index contributed by atoms with van der Waals surface area (Å²) in [5.74, 6) is 0.874. The van der Waals surface area contributed by atoms with E-state index < -0.39 is 12.6 Å². The van der Waals surface area contributed by atoms with Crippen molar-refractivity contribution in [2.75, 3.05) is 6.61 Å². The van der Waals surface area contributed by atoms with Gasteiger partial charge in [0.2, 0.25) is 0 Å². The highest BCUT2D eigenvalue weighted by Crippen LogP contribution is 2.32. The van der Waals surface area contributed by atoms with E-state index in [0.29, 0.717) is 13.0 Å². The van der Waals surface area contributed by atoms with Gasteiger partial charge in [0.25, 0.3) is 0 Å². The van der Waals surface area contributed by atoms with Crippen LogP contribution in [0.25, 0.3) is 0 Å². The summed E-state index contributed by atoms with van der Waals surface area (Å²) in [6.07, 6.45) is -3.21. The number of fused-ring (bicyclic) bond motifs is 1. The first-order chi connectivity index (χ1) is 9.46. The van der Waals surface area contributed by atoms with Gasteiger partial charge >= 0.3 is 6.18 Å². The van der Waals surface area contributed by atoms with Crippen molar-refractivity contribution in [2.24, 2.45) is 0 Å². The molecule has 1 aliphatic rings. The van der Waals surface area contributed by atoms with Crippen LogP contribution in [0, 0.1) is 0 Å². The fraction of sp³-hybridized carbons (Fsp3) is 0.600. The third kappa shape index (κ3) is 4.40. The van der Waals surface area contributed by atoms with Gasteiger partial charge in [-0.15, -0.1) is 0 Å². The van der Waals surface area contributed by atoms with Crippen molar-refractivity contribution < 1.29 is 17.9 Å². The Morgan fingerprint density at radius 3 is 2.85 bits per heavy atom. The summed E-state index contributed by atoms with van der Waals surface area (Å²) in [6, 6.07) is 8.05. The first-order valence-corrected chi connectivity index (χ1v) is 7.00. The molecule has 2 nitrogen and oxygen atoms in total. The van der Waals surface area contributed by atoms with Crippen molar-refractivity contribution in [3.63, 3.8) is 0 Å². The lowest BCUT2D eigenvalue weighted by Gasteiger charge is -2.29. The number of hydrogen-bond donors (Lipinski definition) is 1. The van der Waals surface area contributed by atoms with Crippen LogP contribution in [0.4, 0.5) is 13.2 Å². The van der Waals surface area contributed by atoms with Crippen LogP contribution >= 0.6 is 0 Å². The van der Waals surface area contributed by atoms with Crippen molar-refractivity contribution in [2.45, 2.75) is 50.9 Å². The monoisotopic (exact) mass is 287 g/mol. The highest BCUT2D eigenvalue weighted by atomic mass is 19.4. The maximum atomic E-state index is 12.1. The van der Waals surface area contributed by atoms with Gasteiger partial charge in [-0.25, -0.2) is 0 Å². The number of hydrogen-bond acceptors (Lipinski definition) is 2. The quantitative estimate of drug-likeness (QED) is 0.875. The van der Waals surface area contributed by atoms with E-state index in [1.165, 1.54) is 0 Å². The zero-order chi connectivity index (χ0) is 14.6. The average molecular weight is 287 g/mol. The minimum absolute atomic E-state index is 0.0634. The van der Waals surface area contributed by atoms with Gasteiger partial charge in [-0.3, -0.25) is 0 Å². The van der Waals surface area contributed by atoms with E-state index in [4.69, 9.17) is 4.74 Å². The second-order valence-corrected chi connectivity index (χ2v) is 5.30. The Balaban J connectivity index is 1.85. The summed E-state index contributed by atoms with van der Waals surface area (Å²) in [7, 11) is 0. The summed E-state index contributed by atoms with van der Waals surface area (Å²) in [6.45, 7) is 2.58. The second kappa shape index (κ2) is 6.48. The lowest BCUT2D eigenvalue weighted by Crippen LogP contribution is -2.33. The van der Waals surface area contributed by atoms with Crippen LogP contribution in [0.2, 0.25) is 0 Å². The number of para-hydroxylation sites is 1. The van der Waals surface area contributed by atoms with Gasteiger partial charge in [0.05, 0.1) is 6.61 Å². The number of ether oxygens (including phenoxy) is 1. The van der Waals surface area contributed by atoms with E-state index >= 15 is 0 Å². The van der Waals surface area contributed by atoms with E-state index in [0.717, 1.165) is 17.7 Å². The molecule has 0 saturated heterocycles. The topological polar surface area (TPSA) is 21.3 Å². The molecule has 1 N–H and O–H groups in total. The molecular formula is C15H20F3NO. The average Bonchev–Trinajstić information content (AvgIpc) is 2.37. The van der Waals surface area contributed by atoms with Gasteiger partial charge in [-0.2, -0.15) is 13.2 Å². The molecule has 0 aromatic heterocycles.